The van der Waals surface area contributed by atoms with Crippen molar-refractivity contribution >= 4 is 11.6 Å². The Balaban J connectivity index is 1.57. The van der Waals surface area contributed by atoms with Gasteiger partial charge in [0.05, 0.1) is 18.2 Å². The first kappa shape index (κ1) is 23.2. The van der Waals surface area contributed by atoms with E-state index in [1.807, 2.05) is 66.7 Å². The number of hydrogen-bond donors (Lipinski definition) is 1. The molecule has 3 rings (SSSR count). The standard InChI is InChI=1S/C29H31NO2/c1-2-3-4-5-6-7-20-32-29-18-8-23(9-19-29)21-27(22-30)26-12-10-24(11-13-26)25-14-16-28(31)17-15-25/h8-19,21,31H,2-7,20H2,1H3/b27-21+. The monoisotopic (exact) mass is 425 g/mol. The smallest absolute Gasteiger partial charge is 0.119 e. The lowest BCUT2D eigenvalue weighted by Crippen LogP contribution is -1.97. The number of unbranched alkanes of at least 4 members (excludes halogenated alkanes) is 5. The maximum atomic E-state index is 9.66. The summed E-state index contributed by atoms with van der Waals surface area (Å²) >= 11 is 0. The van der Waals surface area contributed by atoms with Gasteiger partial charge in [-0.3, -0.25) is 0 Å². The minimum absolute atomic E-state index is 0.249. The summed E-state index contributed by atoms with van der Waals surface area (Å²) in [7, 11) is 0. The maximum absolute atomic E-state index is 9.66. The van der Waals surface area contributed by atoms with E-state index in [0.29, 0.717) is 5.57 Å². The highest BCUT2D eigenvalue weighted by molar-refractivity contribution is 5.90. The van der Waals surface area contributed by atoms with Crippen LogP contribution in [0.2, 0.25) is 0 Å². The van der Waals surface area contributed by atoms with Crippen molar-refractivity contribution in [1.29, 1.82) is 5.26 Å². The third-order valence-electron chi connectivity index (χ3n) is 5.47. The van der Waals surface area contributed by atoms with Crippen molar-refractivity contribution in [2.75, 3.05) is 6.61 Å². The Hall–Kier alpha value is -3.51. The van der Waals surface area contributed by atoms with E-state index >= 15 is 0 Å². The van der Waals surface area contributed by atoms with Gasteiger partial charge in [0.1, 0.15) is 11.5 Å². The third-order valence-corrected chi connectivity index (χ3v) is 5.47. The molecule has 3 aromatic carbocycles. The fourth-order valence-electron chi connectivity index (χ4n) is 3.58. The lowest BCUT2D eigenvalue weighted by atomic mass is 9.99. The van der Waals surface area contributed by atoms with Crippen molar-refractivity contribution in [3.8, 4) is 28.7 Å². The number of phenols is 1. The number of benzene rings is 3. The first-order valence-electron chi connectivity index (χ1n) is 11.4. The lowest BCUT2D eigenvalue weighted by Gasteiger charge is -2.07. The van der Waals surface area contributed by atoms with Gasteiger partial charge in [-0.25, -0.2) is 0 Å². The Kier molecular flexibility index (Phi) is 8.95. The van der Waals surface area contributed by atoms with Crippen LogP contribution in [-0.4, -0.2) is 11.7 Å². The molecule has 0 fully saturated rings. The number of phenolic OH excluding ortho intramolecular Hbond substituents is 1. The third kappa shape index (κ3) is 7.03. The normalized spacial score (nSPS) is 11.2. The van der Waals surface area contributed by atoms with Crippen LogP contribution in [0.15, 0.2) is 72.8 Å². The van der Waals surface area contributed by atoms with E-state index in [-0.39, 0.29) is 5.75 Å². The summed E-state index contributed by atoms with van der Waals surface area (Å²) in [6.45, 7) is 2.98. The van der Waals surface area contributed by atoms with Crippen LogP contribution in [0, 0.1) is 11.3 Å². The molecule has 0 saturated heterocycles. The quantitative estimate of drug-likeness (QED) is 0.193. The number of aromatic hydroxyl groups is 1. The number of nitriles is 1. The molecule has 0 aliphatic carbocycles. The molecule has 0 atom stereocenters. The van der Waals surface area contributed by atoms with Gasteiger partial charge in [0.15, 0.2) is 0 Å². The van der Waals surface area contributed by atoms with E-state index in [9.17, 15) is 10.4 Å². The lowest BCUT2D eigenvalue weighted by molar-refractivity contribution is 0.304. The van der Waals surface area contributed by atoms with Crippen molar-refractivity contribution < 1.29 is 9.84 Å². The van der Waals surface area contributed by atoms with Crippen molar-refractivity contribution in [2.45, 2.75) is 45.4 Å². The fourth-order valence-corrected chi connectivity index (χ4v) is 3.58. The molecule has 1 N–H and O–H groups in total. The summed E-state index contributed by atoms with van der Waals surface area (Å²) in [4.78, 5) is 0. The largest absolute Gasteiger partial charge is 0.508 e. The van der Waals surface area contributed by atoms with E-state index in [1.165, 1.54) is 32.1 Å². The van der Waals surface area contributed by atoms with Crippen molar-refractivity contribution in [3.63, 3.8) is 0 Å². The molecule has 0 aliphatic rings. The molecule has 0 heterocycles. The number of ether oxygens (including phenoxy) is 1. The first-order valence-corrected chi connectivity index (χ1v) is 11.4. The van der Waals surface area contributed by atoms with Gasteiger partial charge in [-0.05, 0) is 59.0 Å². The zero-order valence-corrected chi connectivity index (χ0v) is 18.8. The van der Waals surface area contributed by atoms with Crippen LogP contribution >= 0.6 is 0 Å². The van der Waals surface area contributed by atoms with Crippen molar-refractivity contribution in [2.24, 2.45) is 0 Å². The molecule has 0 bridgehead atoms. The Labute approximate surface area is 191 Å². The van der Waals surface area contributed by atoms with E-state index < -0.39 is 0 Å². The molecule has 0 spiro atoms. The van der Waals surface area contributed by atoms with Crippen LogP contribution in [-0.2, 0) is 0 Å². The molecule has 0 aliphatic heterocycles. The van der Waals surface area contributed by atoms with Gasteiger partial charge < -0.3 is 9.84 Å². The van der Waals surface area contributed by atoms with E-state index in [0.717, 1.165) is 41.0 Å². The molecule has 0 unspecified atom stereocenters. The van der Waals surface area contributed by atoms with Crippen LogP contribution in [0.4, 0.5) is 0 Å². The van der Waals surface area contributed by atoms with E-state index in [1.54, 1.807) is 12.1 Å². The summed E-state index contributed by atoms with van der Waals surface area (Å²) in [5, 5.41) is 19.1. The Morgan fingerprint density at radius 1 is 0.812 bits per heavy atom. The van der Waals surface area contributed by atoms with Gasteiger partial charge in [-0.1, -0.05) is 87.6 Å². The van der Waals surface area contributed by atoms with Crippen molar-refractivity contribution in [3.05, 3.63) is 83.9 Å². The average Bonchev–Trinajstić information content (AvgIpc) is 2.83. The predicted octanol–water partition coefficient (Wildman–Crippen LogP) is 7.86. The minimum atomic E-state index is 0.249. The van der Waals surface area contributed by atoms with Gasteiger partial charge in [0.2, 0.25) is 0 Å². The topological polar surface area (TPSA) is 53.2 Å². The SMILES string of the molecule is CCCCCCCCOc1ccc(/C=C(\C#N)c2ccc(-c3ccc(O)cc3)cc2)cc1. The number of hydrogen-bond acceptors (Lipinski definition) is 3. The highest BCUT2D eigenvalue weighted by Crippen LogP contribution is 2.25. The predicted molar refractivity (Wildman–Crippen MR) is 132 cm³/mol. The minimum Gasteiger partial charge on any atom is -0.508 e. The van der Waals surface area contributed by atoms with Gasteiger partial charge in [0, 0.05) is 0 Å². The number of allylic oxidation sites excluding steroid dienone is 1. The highest BCUT2D eigenvalue weighted by atomic mass is 16.5. The van der Waals surface area contributed by atoms with Gasteiger partial charge in [-0.15, -0.1) is 0 Å². The second-order valence-corrected chi connectivity index (χ2v) is 7.98. The molecule has 0 amide bonds. The summed E-state index contributed by atoms with van der Waals surface area (Å²) in [5.74, 6) is 1.12. The summed E-state index contributed by atoms with van der Waals surface area (Å²) in [6, 6.07) is 25.2. The molecule has 0 saturated carbocycles. The van der Waals surface area contributed by atoms with E-state index in [4.69, 9.17) is 4.74 Å². The molecule has 0 radical (unpaired) electrons. The Morgan fingerprint density at radius 3 is 2.03 bits per heavy atom. The van der Waals surface area contributed by atoms with Crippen LogP contribution in [0.1, 0.15) is 56.6 Å². The summed E-state index contributed by atoms with van der Waals surface area (Å²) < 4.78 is 5.84. The highest BCUT2D eigenvalue weighted by Gasteiger charge is 2.04. The summed E-state index contributed by atoms with van der Waals surface area (Å²) in [6.07, 6.45) is 9.40. The van der Waals surface area contributed by atoms with Gasteiger partial charge in [0.25, 0.3) is 0 Å². The van der Waals surface area contributed by atoms with Gasteiger partial charge >= 0.3 is 0 Å². The Bertz CT molecular complexity index is 1030. The van der Waals surface area contributed by atoms with Crippen LogP contribution in [0.5, 0.6) is 11.5 Å². The van der Waals surface area contributed by atoms with Gasteiger partial charge in [-0.2, -0.15) is 5.26 Å². The van der Waals surface area contributed by atoms with E-state index in [2.05, 4.69) is 13.0 Å². The number of rotatable bonds is 11. The molecule has 32 heavy (non-hydrogen) atoms. The molecule has 0 aromatic heterocycles. The molecule has 3 heteroatoms. The first-order chi connectivity index (χ1) is 15.7. The fraction of sp³-hybridized carbons (Fsp3) is 0.276. The second kappa shape index (κ2) is 12.4. The molecule has 164 valence electrons. The zero-order chi connectivity index (χ0) is 22.6. The maximum Gasteiger partial charge on any atom is 0.119 e. The molecule has 3 aromatic rings. The Morgan fingerprint density at radius 2 is 1.41 bits per heavy atom. The van der Waals surface area contributed by atoms with Crippen LogP contribution < -0.4 is 4.74 Å². The molecular weight excluding hydrogens is 394 g/mol. The summed E-state index contributed by atoms with van der Waals surface area (Å²) in [5.41, 5.74) is 4.52. The molecular formula is C29H31NO2. The van der Waals surface area contributed by atoms with Crippen LogP contribution in [0.25, 0.3) is 22.8 Å². The van der Waals surface area contributed by atoms with Crippen molar-refractivity contribution in [1.82, 2.24) is 0 Å². The average molecular weight is 426 g/mol. The number of nitrogens with zero attached hydrogens (tertiary/aromatic N) is 1. The second-order valence-electron chi connectivity index (χ2n) is 7.98. The molecule has 3 nitrogen and oxygen atoms in total. The zero-order valence-electron chi connectivity index (χ0n) is 18.8. The van der Waals surface area contributed by atoms with Crippen LogP contribution in [0.3, 0.4) is 0 Å².